The van der Waals surface area contributed by atoms with E-state index in [4.69, 9.17) is 9.97 Å². The standard InChI is InChI=1S/C60H38N6/c61-39-41-15-29-50(30-16-41)65(51-31-17-42(40-62)18-32-51)53-35-36-59-55(37-53)54-13-7-8-14-58(54)66(59)52-33-27-46(28-34-52)44-21-19-43(20-22-44)45-23-25-48(26-24-45)57-38-56(47-9-3-1-4-10-47)63-60(64-57)49-11-5-2-6-12-49/h1-38H. The third-order valence-corrected chi connectivity index (χ3v) is 12.1. The van der Waals surface area contributed by atoms with E-state index in [9.17, 15) is 10.5 Å². The fourth-order valence-electron chi connectivity index (χ4n) is 8.76. The zero-order valence-electron chi connectivity index (χ0n) is 35.6. The van der Waals surface area contributed by atoms with E-state index in [0.29, 0.717) is 17.0 Å². The minimum atomic E-state index is 0.595. The van der Waals surface area contributed by atoms with Crippen molar-refractivity contribution in [2.45, 2.75) is 0 Å². The quantitative estimate of drug-likeness (QED) is 0.145. The number of nitrogens with zero attached hydrogens (tertiary/aromatic N) is 6. The minimum Gasteiger partial charge on any atom is -0.310 e. The number of hydrogen-bond acceptors (Lipinski definition) is 5. The highest BCUT2D eigenvalue weighted by molar-refractivity contribution is 6.10. The summed E-state index contributed by atoms with van der Waals surface area (Å²) < 4.78 is 2.32. The van der Waals surface area contributed by atoms with Gasteiger partial charge in [0.05, 0.1) is 45.7 Å². The molecule has 0 bridgehead atoms. The molecule has 0 unspecified atom stereocenters. The van der Waals surface area contributed by atoms with Gasteiger partial charge in [-0.15, -0.1) is 0 Å². The van der Waals surface area contributed by atoms with Crippen molar-refractivity contribution < 1.29 is 0 Å². The fourth-order valence-corrected chi connectivity index (χ4v) is 8.76. The molecule has 11 aromatic rings. The fraction of sp³-hybridized carbons (Fsp3) is 0. The maximum atomic E-state index is 9.49. The van der Waals surface area contributed by atoms with E-state index in [-0.39, 0.29) is 0 Å². The molecule has 0 atom stereocenters. The zero-order valence-corrected chi connectivity index (χ0v) is 35.6. The molecule has 6 heteroatoms. The van der Waals surface area contributed by atoms with Gasteiger partial charge in [0, 0.05) is 50.2 Å². The highest BCUT2D eigenvalue weighted by Gasteiger charge is 2.18. The Hall–Kier alpha value is -9.36. The topological polar surface area (TPSA) is 81.5 Å². The first-order valence-corrected chi connectivity index (χ1v) is 21.8. The van der Waals surface area contributed by atoms with E-state index in [0.717, 1.165) is 94.9 Å². The van der Waals surface area contributed by atoms with Crippen LogP contribution in [-0.4, -0.2) is 14.5 Å². The molecule has 66 heavy (non-hydrogen) atoms. The summed E-state index contributed by atoms with van der Waals surface area (Å²) in [6.07, 6.45) is 0. The molecule has 0 radical (unpaired) electrons. The molecule has 0 aliphatic carbocycles. The molecule has 308 valence electrons. The summed E-state index contributed by atoms with van der Waals surface area (Å²) in [7, 11) is 0. The van der Waals surface area contributed by atoms with Crippen molar-refractivity contribution in [3.63, 3.8) is 0 Å². The van der Waals surface area contributed by atoms with Crippen LogP contribution >= 0.6 is 0 Å². The summed E-state index contributed by atoms with van der Waals surface area (Å²) in [4.78, 5) is 12.1. The Morgan fingerprint density at radius 2 is 0.773 bits per heavy atom. The summed E-state index contributed by atoms with van der Waals surface area (Å²) in [5, 5.41) is 21.2. The highest BCUT2D eigenvalue weighted by atomic mass is 15.1. The molecule has 11 rings (SSSR count). The molecule has 0 spiro atoms. The maximum Gasteiger partial charge on any atom is 0.160 e. The summed E-state index contributed by atoms with van der Waals surface area (Å²) in [6, 6.07) is 83.3. The van der Waals surface area contributed by atoms with E-state index >= 15 is 0 Å². The molecular weight excluding hydrogens is 805 g/mol. The molecule has 0 saturated heterocycles. The lowest BCUT2D eigenvalue weighted by molar-refractivity contribution is 1.18. The molecule has 0 aliphatic rings. The van der Waals surface area contributed by atoms with Crippen LogP contribution in [0, 0.1) is 22.7 Å². The molecule has 0 amide bonds. The molecule has 2 aromatic heterocycles. The summed E-state index contributed by atoms with van der Waals surface area (Å²) in [5.74, 6) is 0.703. The number of para-hydroxylation sites is 1. The number of benzene rings is 9. The normalized spacial score (nSPS) is 11.0. The average Bonchev–Trinajstić information content (AvgIpc) is 3.73. The Morgan fingerprint density at radius 1 is 0.348 bits per heavy atom. The number of fused-ring (bicyclic) bond motifs is 3. The van der Waals surface area contributed by atoms with E-state index < -0.39 is 0 Å². The number of hydrogen-bond donors (Lipinski definition) is 0. The van der Waals surface area contributed by atoms with E-state index in [1.165, 1.54) is 0 Å². The van der Waals surface area contributed by atoms with Crippen LogP contribution in [0.2, 0.25) is 0 Å². The van der Waals surface area contributed by atoms with Crippen LogP contribution in [0.1, 0.15) is 11.1 Å². The van der Waals surface area contributed by atoms with E-state index in [1.54, 1.807) is 0 Å². The number of rotatable bonds is 9. The van der Waals surface area contributed by atoms with E-state index in [2.05, 4.69) is 155 Å². The largest absolute Gasteiger partial charge is 0.310 e. The van der Waals surface area contributed by atoms with Gasteiger partial charge in [0.2, 0.25) is 0 Å². The van der Waals surface area contributed by atoms with Crippen LogP contribution in [0.3, 0.4) is 0 Å². The van der Waals surface area contributed by atoms with Gasteiger partial charge in [0.25, 0.3) is 0 Å². The molecule has 9 aromatic carbocycles. The average molecular weight is 843 g/mol. The second kappa shape index (κ2) is 17.1. The highest BCUT2D eigenvalue weighted by Crippen LogP contribution is 2.40. The lowest BCUT2D eigenvalue weighted by Crippen LogP contribution is -2.10. The molecular formula is C60H38N6. The van der Waals surface area contributed by atoms with Gasteiger partial charge in [0.1, 0.15) is 0 Å². The SMILES string of the molecule is N#Cc1ccc(N(c2ccc(C#N)cc2)c2ccc3c(c2)c2ccccc2n3-c2ccc(-c3ccc(-c4ccc(-c5cc(-c6ccccc6)nc(-c6ccccc6)n5)cc4)cc3)cc2)cc1. The van der Waals surface area contributed by atoms with Gasteiger partial charge in [-0.2, -0.15) is 10.5 Å². The lowest BCUT2D eigenvalue weighted by Gasteiger charge is -2.25. The number of anilines is 3. The Kier molecular flexibility index (Phi) is 10.2. The van der Waals surface area contributed by atoms with Crippen LogP contribution in [0.15, 0.2) is 231 Å². The van der Waals surface area contributed by atoms with Gasteiger partial charge < -0.3 is 9.47 Å². The molecule has 6 nitrogen and oxygen atoms in total. The Bertz CT molecular complexity index is 3490. The third kappa shape index (κ3) is 7.51. The Labute approximate surface area is 382 Å². The summed E-state index contributed by atoms with van der Waals surface area (Å²) in [6.45, 7) is 0. The smallest absolute Gasteiger partial charge is 0.160 e. The molecule has 0 N–H and O–H groups in total. The van der Waals surface area contributed by atoms with Gasteiger partial charge in [0.15, 0.2) is 5.82 Å². The van der Waals surface area contributed by atoms with Crippen molar-refractivity contribution >= 4 is 38.9 Å². The van der Waals surface area contributed by atoms with Crippen LogP contribution in [-0.2, 0) is 0 Å². The van der Waals surface area contributed by atoms with Crippen molar-refractivity contribution in [3.8, 4) is 74.0 Å². The first-order valence-electron chi connectivity index (χ1n) is 21.8. The van der Waals surface area contributed by atoms with Crippen LogP contribution < -0.4 is 4.90 Å². The van der Waals surface area contributed by atoms with Crippen molar-refractivity contribution in [1.82, 2.24) is 14.5 Å². The zero-order chi connectivity index (χ0) is 44.4. The molecule has 0 fully saturated rings. The Morgan fingerprint density at radius 3 is 1.30 bits per heavy atom. The monoisotopic (exact) mass is 842 g/mol. The van der Waals surface area contributed by atoms with Gasteiger partial charge >= 0.3 is 0 Å². The molecule has 0 aliphatic heterocycles. The van der Waals surface area contributed by atoms with Crippen LogP contribution in [0.25, 0.3) is 83.6 Å². The van der Waals surface area contributed by atoms with Gasteiger partial charge in [-0.1, -0.05) is 140 Å². The predicted octanol–water partition coefficient (Wildman–Crippen LogP) is 15.1. The summed E-state index contributed by atoms with van der Waals surface area (Å²) in [5.41, 5.74) is 16.7. The first-order chi connectivity index (χ1) is 32.6. The lowest BCUT2D eigenvalue weighted by atomic mass is 9.98. The van der Waals surface area contributed by atoms with Crippen molar-refractivity contribution in [2.75, 3.05) is 4.90 Å². The molecule has 2 heterocycles. The van der Waals surface area contributed by atoms with Crippen LogP contribution in [0.5, 0.6) is 0 Å². The van der Waals surface area contributed by atoms with Gasteiger partial charge in [-0.05, 0) is 113 Å². The minimum absolute atomic E-state index is 0.595. The second-order valence-electron chi connectivity index (χ2n) is 16.1. The van der Waals surface area contributed by atoms with E-state index in [1.807, 2.05) is 97.1 Å². The van der Waals surface area contributed by atoms with Gasteiger partial charge in [-0.3, -0.25) is 0 Å². The second-order valence-corrected chi connectivity index (χ2v) is 16.1. The first kappa shape index (κ1) is 39.5. The number of nitriles is 2. The third-order valence-electron chi connectivity index (χ3n) is 12.1. The van der Waals surface area contributed by atoms with Crippen LogP contribution in [0.4, 0.5) is 17.1 Å². The maximum absolute atomic E-state index is 9.49. The Balaban J connectivity index is 0.876. The summed E-state index contributed by atoms with van der Waals surface area (Å²) >= 11 is 0. The van der Waals surface area contributed by atoms with Crippen molar-refractivity contribution in [1.29, 1.82) is 10.5 Å². The van der Waals surface area contributed by atoms with Crippen molar-refractivity contribution in [3.05, 3.63) is 242 Å². The molecule has 0 saturated carbocycles. The van der Waals surface area contributed by atoms with Gasteiger partial charge in [-0.25, -0.2) is 9.97 Å². The predicted molar refractivity (Wildman–Crippen MR) is 268 cm³/mol. The van der Waals surface area contributed by atoms with Crippen molar-refractivity contribution in [2.24, 2.45) is 0 Å². The number of aromatic nitrogens is 3.